The zero-order valence-electron chi connectivity index (χ0n) is 8.05. The summed E-state index contributed by atoms with van der Waals surface area (Å²) in [6.07, 6.45) is 0. The number of halogens is 3. The molecule has 0 unspecified atom stereocenters. The molecule has 1 aromatic rings. The van der Waals surface area contributed by atoms with E-state index in [4.69, 9.17) is 0 Å². The van der Waals surface area contributed by atoms with Gasteiger partial charge in [-0.15, -0.1) is 0 Å². The van der Waals surface area contributed by atoms with Gasteiger partial charge < -0.3 is 0 Å². The first-order chi connectivity index (χ1) is 6.99. The van der Waals surface area contributed by atoms with Gasteiger partial charge in [-0.3, -0.25) is 9.63 Å². The molecule has 3 nitrogen and oxygen atoms in total. The van der Waals surface area contributed by atoms with E-state index in [1.165, 1.54) is 14.2 Å². The Morgan fingerprint density at radius 3 is 2.40 bits per heavy atom. The summed E-state index contributed by atoms with van der Waals surface area (Å²) in [5.41, 5.74) is -0.585. The Morgan fingerprint density at radius 2 is 1.87 bits per heavy atom. The molecule has 0 bridgehead atoms. The maximum absolute atomic E-state index is 13.1. The number of hydroxylamine groups is 2. The SMILES string of the molecule is CON(C)C(=O)c1ccc(F)c(F)c1F. The summed E-state index contributed by atoms with van der Waals surface area (Å²) >= 11 is 0. The monoisotopic (exact) mass is 219 g/mol. The van der Waals surface area contributed by atoms with Crippen LogP contribution in [0.15, 0.2) is 12.1 Å². The Bertz CT molecular complexity index is 395. The zero-order chi connectivity index (χ0) is 11.6. The summed E-state index contributed by atoms with van der Waals surface area (Å²) in [4.78, 5) is 15.8. The Morgan fingerprint density at radius 1 is 1.27 bits per heavy atom. The fourth-order valence-corrected chi connectivity index (χ4v) is 0.944. The number of nitrogens with zero attached hydrogens (tertiary/aromatic N) is 1. The average molecular weight is 219 g/mol. The highest BCUT2D eigenvalue weighted by atomic mass is 19.2. The highest BCUT2D eigenvalue weighted by Crippen LogP contribution is 2.16. The number of rotatable bonds is 2. The quantitative estimate of drug-likeness (QED) is 0.560. The molecule has 0 N–H and O–H groups in total. The molecule has 0 heterocycles. The van der Waals surface area contributed by atoms with E-state index in [9.17, 15) is 18.0 Å². The summed E-state index contributed by atoms with van der Waals surface area (Å²) in [5.74, 6) is -5.44. The topological polar surface area (TPSA) is 29.5 Å². The van der Waals surface area contributed by atoms with Crippen molar-refractivity contribution in [2.75, 3.05) is 14.2 Å². The van der Waals surface area contributed by atoms with E-state index in [2.05, 4.69) is 4.84 Å². The van der Waals surface area contributed by atoms with E-state index in [1.807, 2.05) is 0 Å². The fraction of sp³-hybridized carbons (Fsp3) is 0.222. The largest absolute Gasteiger partial charge is 0.280 e. The van der Waals surface area contributed by atoms with Crippen LogP contribution in [0.5, 0.6) is 0 Å². The molecule has 1 rings (SSSR count). The Balaban J connectivity index is 3.16. The molecule has 0 spiro atoms. The van der Waals surface area contributed by atoms with Gasteiger partial charge >= 0.3 is 0 Å². The highest BCUT2D eigenvalue weighted by Gasteiger charge is 2.21. The van der Waals surface area contributed by atoms with Crippen LogP contribution in [0.3, 0.4) is 0 Å². The van der Waals surface area contributed by atoms with Crippen molar-refractivity contribution < 1.29 is 22.8 Å². The van der Waals surface area contributed by atoms with Crippen LogP contribution in [-0.2, 0) is 4.84 Å². The molecule has 82 valence electrons. The van der Waals surface area contributed by atoms with Crippen LogP contribution < -0.4 is 0 Å². The first kappa shape index (κ1) is 11.5. The van der Waals surface area contributed by atoms with Crippen LogP contribution in [0, 0.1) is 17.5 Å². The van der Waals surface area contributed by atoms with Crippen molar-refractivity contribution >= 4 is 5.91 Å². The minimum absolute atomic E-state index is 0.585. The molecule has 0 saturated heterocycles. The van der Waals surface area contributed by atoms with Gasteiger partial charge in [-0.05, 0) is 12.1 Å². The van der Waals surface area contributed by atoms with Crippen LogP contribution >= 0.6 is 0 Å². The number of hydrogen-bond donors (Lipinski definition) is 0. The molecule has 0 aliphatic heterocycles. The molecule has 15 heavy (non-hydrogen) atoms. The zero-order valence-corrected chi connectivity index (χ0v) is 8.05. The van der Waals surface area contributed by atoms with Crippen LogP contribution in [-0.4, -0.2) is 25.1 Å². The van der Waals surface area contributed by atoms with E-state index in [0.717, 1.165) is 6.07 Å². The lowest BCUT2D eigenvalue weighted by Gasteiger charge is -2.13. The fourth-order valence-electron chi connectivity index (χ4n) is 0.944. The number of amides is 1. The molecule has 0 fully saturated rings. The lowest BCUT2D eigenvalue weighted by Crippen LogP contribution is -2.26. The summed E-state index contributed by atoms with van der Waals surface area (Å²) in [6, 6.07) is 1.53. The summed E-state index contributed by atoms with van der Waals surface area (Å²) in [6.45, 7) is 0. The van der Waals surface area contributed by atoms with Crippen molar-refractivity contribution in [3.05, 3.63) is 35.1 Å². The molecule has 0 aliphatic carbocycles. The standard InChI is InChI=1S/C9H8F3NO2/c1-13(15-2)9(14)5-3-4-6(10)8(12)7(5)11/h3-4H,1-2H3. The van der Waals surface area contributed by atoms with E-state index < -0.39 is 28.9 Å². The molecule has 0 radical (unpaired) electrons. The van der Waals surface area contributed by atoms with Crippen LogP contribution in [0.4, 0.5) is 13.2 Å². The third-order valence-corrected chi connectivity index (χ3v) is 1.83. The lowest BCUT2D eigenvalue weighted by molar-refractivity contribution is -0.0760. The van der Waals surface area contributed by atoms with Crippen molar-refractivity contribution in [2.24, 2.45) is 0 Å². The van der Waals surface area contributed by atoms with Crippen LogP contribution in [0.2, 0.25) is 0 Å². The van der Waals surface area contributed by atoms with Gasteiger partial charge in [-0.2, -0.15) is 0 Å². The normalized spacial score (nSPS) is 10.2. The molecular weight excluding hydrogens is 211 g/mol. The maximum Gasteiger partial charge on any atom is 0.280 e. The smallest absolute Gasteiger partial charge is 0.274 e. The van der Waals surface area contributed by atoms with Crippen molar-refractivity contribution in [3.8, 4) is 0 Å². The molecular formula is C9H8F3NO2. The van der Waals surface area contributed by atoms with Crippen molar-refractivity contribution in [2.45, 2.75) is 0 Å². The Kier molecular flexibility index (Phi) is 3.31. The maximum atomic E-state index is 13.1. The van der Waals surface area contributed by atoms with E-state index in [0.29, 0.717) is 11.1 Å². The van der Waals surface area contributed by atoms with Crippen molar-refractivity contribution in [1.82, 2.24) is 5.06 Å². The first-order valence-corrected chi connectivity index (χ1v) is 3.94. The highest BCUT2D eigenvalue weighted by molar-refractivity contribution is 5.93. The first-order valence-electron chi connectivity index (χ1n) is 3.94. The molecule has 0 atom stereocenters. The molecule has 0 aromatic heterocycles. The lowest BCUT2D eigenvalue weighted by atomic mass is 10.2. The van der Waals surface area contributed by atoms with Gasteiger partial charge in [0.1, 0.15) is 0 Å². The Labute approximate surface area is 84.0 Å². The third-order valence-electron chi connectivity index (χ3n) is 1.83. The summed E-state index contributed by atoms with van der Waals surface area (Å²) in [5, 5.41) is 0.704. The van der Waals surface area contributed by atoms with E-state index >= 15 is 0 Å². The predicted molar refractivity (Wildman–Crippen MR) is 45.4 cm³/mol. The Hall–Kier alpha value is -1.56. The molecule has 1 amide bonds. The minimum Gasteiger partial charge on any atom is -0.274 e. The second kappa shape index (κ2) is 4.31. The number of carbonyl (C=O) groups is 1. The van der Waals surface area contributed by atoms with E-state index in [-0.39, 0.29) is 0 Å². The number of hydrogen-bond acceptors (Lipinski definition) is 2. The minimum atomic E-state index is -1.68. The average Bonchev–Trinajstić information content (AvgIpc) is 2.24. The van der Waals surface area contributed by atoms with Gasteiger partial charge in [0.2, 0.25) is 0 Å². The number of carbonyl (C=O) groups excluding carboxylic acids is 1. The van der Waals surface area contributed by atoms with Crippen LogP contribution in [0.25, 0.3) is 0 Å². The second-order valence-electron chi connectivity index (χ2n) is 2.71. The summed E-state index contributed by atoms with van der Waals surface area (Å²) < 4.78 is 38.4. The van der Waals surface area contributed by atoms with Gasteiger partial charge in [-0.25, -0.2) is 18.2 Å². The van der Waals surface area contributed by atoms with Gasteiger partial charge in [0.15, 0.2) is 17.5 Å². The predicted octanol–water partition coefficient (Wildman–Crippen LogP) is 1.74. The van der Waals surface area contributed by atoms with Gasteiger partial charge in [0.05, 0.1) is 12.7 Å². The third kappa shape index (κ3) is 2.10. The van der Waals surface area contributed by atoms with Gasteiger partial charge in [0.25, 0.3) is 5.91 Å². The molecule has 0 saturated carbocycles. The van der Waals surface area contributed by atoms with Crippen LogP contribution in [0.1, 0.15) is 10.4 Å². The van der Waals surface area contributed by atoms with Gasteiger partial charge in [-0.1, -0.05) is 0 Å². The van der Waals surface area contributed by atoms with Crippen molar-refractivity contribution in [1.29, 1.82) is 0 Å². The molecule has 0 aliphatic rings. The van der Waals surface area contributed by atoms with E-state index in [1.54, 1.807) is 0 Å². The molecule has 1 aromatic carbocycles. The summed E-state index contributed by atoms with van der Waals surface area (Å²) in [7, 11) is 2.42. The van der Waals surface area contributed by atoms with Crippen molar-refractivity contribution in [3.63, 3.8) is 0 Å². The second-order valence-corrected chi connectivity index (χ2v) is 2.71. The van der Waals surface area contributed by atoms with Gasteiger partial charge in [0, 0.05) is 7.05 Å². The number of benzene rings is 1. The molecule has 6 heteroatoms.